The molecule has 0 N–H and O–H groups in total. The normalized spacial score (nSPS) is 10.4. The van der Waals surface area contributed by atoms with Crippen molar-refractivity contribution in [2.45, 2.75) is 31.2 Å². The van der Waals surface area contributed by atoms with Gasteiger partial charge in [-0.05, 0) is 26.0 Å². The van der Waals surface area contributed by atoms with Gasteiger partial charge in [0, 0.05) is 23.1 Å². The van der Waals surface area contributed by atoms with Crippen LogP contribution in [0.15, 0.2) is 35.2 Å². The second-order valence-corrected chi connectivity index (χ2v) is 5.77. The number of ether oxygens (including phenoxy) is 1. The Bertz CT molecular complexity index is 434. The number of hydrogen-bond donors (Lipinski definition) is 0. The van der Waals surface area contributed by atoms with Crippen LogP contribution in [0.4, 0.5) is 0 Å². The van der Waals surface area contributed by atoms with Crippen molar-refractivity contribution in [2.75, 3.05) is 19.4 Å². The minimum Gasteiger partial charge on any atom is -0.468 e. The van der Waals surface area contributed by atoms with Gasteiger partial charge in [-0.1, -0.05) is 18.2 Å². The number of benzene rings is 1. The monoisotopic (exact) mass is 295 g/mol. The van der Waals surface area contributed by atoms with Gasteiger partial charge in [-0.15, -0.1) is 11.8 Å². The molecule has 0 unspecified atom stereocenters. The Kier molecular flexibility index (Phi) is 7.15. The zero-order chi connectivity index (χ0) is 15.0. The predicted octanol–water partition coefficient (Wildman–Crippen LogP) is 2.58. The number of nitrogens with zero attached hydrogens (tertiary/aromatic N) is 1. The van der Waals surface area contributed by atoms with Crippen molar-refractivity contribution in [3.05, 3.63) is 30.3 Å². The molecular formula is C15H21NO3S. The van der Waals surface area contributed by atoms with Crippen LogP contribution in [0.25, 0.3) is 0 Å². The highest BCUT2D eigenvalue weighted by molar-refractivity contribution is 7.99. The van der Waals surface area contributed by atoms with Crippen LogP contribution in [0.3, 0.4) is 0 Å². The summed E-state index contributed by atoms with van der Waals surface area (Å²) in [5.41, 5.74) is 0. The molecule has 0 fully saturated rings. The van der Waals surface area contributed by atoms with Gasteiger partial charge in [0.25, 0.3) is 0 Å². The van der Waals surface area contributed by atoms with Crippen molar-refractivity contribution >= 4 is 23.6 Å². The Morgan fingerprint density at radius 3 is 2.45 bits per heavy atom. The van der Waals surface area contributed by atoms with Crippen molar-refractivity contribution in [3.8, 4) is 0 Å². The average molecular weight is 295 g/mol. The van der Waals surface area contributed by atoms with Gasteiger partial charge in [0.1, 0.15) is 6.54 Å². The summed E-state index contributed by atoms with van der Waals surface area (Å²) in [6, 6.07) is 9.94. The van der Waals surface area contributed by atoms with Crippen LogP contribution in [0.2, 0.25) is 0 Å². The van der Waals surface area contributed by atoms with E-state index < -0.39 is 0 Å². The van der Waals surface area contributed by atoms with E-state index in [9.17, 15) is 9.59 Å². The molecule has 0 aromatic heterocycles. The summed E-state index contributed by atoms with van der Waals surface area (Å²) in [5.74, 6) is 0.296. The highest BCUT2D eigenvalue weighted by atomic mass is 32.2. The number of carbonyl (C=O) groups is 2. The van der Waals surface area contributed by atoms with Gasteiger partial charge >= 0.3 is 5.97 Å². The molecule has 5 heteroatoms. The fourth-order valence-corrected chi connectivity index (χ4v) is 2.54. The smallest absolute Gasteiger partial charge is 0.325 e. The predicted molar refractivity (Wildman–Crippen MR) is 80.6 cm³/mol. The lowest BCUT2D eigenvalue weighted by Gasteiger charge is -2.25. The fourth-order valence-electron chi connectivity index (χ4n) is 1.68. The first-order valence-electron chi connectivity index (χ1n) is 6.58. The number of methoxy groups -OCH3 is 1. The van der Waals surface area contributed by atoms with Crippen LogP contribution in [-0.4, -0.2) is 42.2 Å². The number of hydrogen-bond acceptors (Lipinski definition) is 4. The van der Waals surface area contributed by atoms with Crippen molar-refractivity contribution in [1.82, 2.24) is 4.90 Å². The minimum absolute atomic E-state index is 0.0108. The largest absolute Gasteiger partial charge is 0.468 e. The molecule has 0 aliphatic rings. The van der Waals surface area contributed by atoms with E-state index >= 15 is 0 Å². The Morgan fingerprint density at radius 2 is 1.90 bits per heavy atom. The molecule has 0 saturated heterocycles. The molecule has 0 bridgehead atoms. The van der Waals surface area contributed by atoms with Crippen LogP contribution in [-0.2, 0) is 14.3 Å². The van der Waals surface area contributed by atoms with Gasteiger partial charge < -0.3 is 9.64 Å². The summed E-state index contributed by atoms with van der Waals surface area (Å²) in [7, 11) is 1.33. The van der Waals surface area contributed by atoms with E-state index in [2.05, 4.69) is 4.74 Å². The highest BCUT2D eigenvalue weighted by Crippen LogP contribution is 2.18. The first kappa shape index (κ1) is 16.6. The second-order valence-electron chi connectivity index (χ2n) is 4.60. The van der Waals surface area contributed by atoms with E-state index in [1.807, 2.05) is 44.2 Å². The maximum absolute atomic E-state index is 12.1. The summed E-state index contributed by atoms with van der Waals surface area (Å²) in [6.07, 6.45) is 0.411. The molecule has 0 atom stereocenters. The molecule has 1 rings (SSSR count). The lowest BCUT2D eigenvalue weighted by Crippen LogP contribution is -2.41. The number of esters is 1. The van der Waals surface area contributed by atoms with Gasteiger partial charge in [-0.25, -0.2) is 0 Å². The molecule has 4 nitrogen and oxygen atoms in total. The molecule has 0 heterocycles. The van der Waals surface area contributed by atoms with Crippen molar-refractivity contribution < 1.29 is 14.3 Å². The molecule has 1 aromatic carbocycles. The molecule has 1 aromatic rings. The third-order valence-electron chi connectivity index (χ3n) is 2.80. The Hall–Kier alpha value is -1.49. The van der Waals surface area contributed by atoms with E-state index in [-0.39, 0.29) is 24.5 Å². The maximum atomic E-state index is 12.1. The Morgan fingerprint density at radius 1 is 1.25 bits per heavy atom. The highest BCUT2D eigenvalue weighted by Gasteiger charge is 2.19. The van der Waals surface area contributed by atoms with Crippen LogP contribution in [0.1, 0.15) is 20.3 Å². The number of amides is 1. The third kappa shape index (κ3) is 5.65. The number of thioether (sulfide) groups is 1. The molecule has 110 valence electrons. The number of carbonyl (C=O) groups excluding carboxylic acids is 2. The quantitative estimate of drug-likeness (QED) is 0.573. The number of rotatable bonds is 7. The topological polar surface area (TPSA) is 46.6 Å². The Balaban J connectivity index is 2.44. The van der Waals surface area contributed by atoms with E-state index in [1.54, 1.807) is 16.7 Å². The third-order valence-corrected chi connectivity index (χ3v) is 3.81. The lowest BCUT2D eigenvalue weighted by atomic mass is 10.3. The van der Waals surface area contributed by atoms with Gasteiger partial charge in [0.05, 0.1) is 7.11 Å². The van der Waals surface area contributed by atoms with E-state index in [0.29, 0.717) is 12.2 Å². The van der Waals surface area contributed by atoms with E-state index in [4.69, 9.17) is 0 Å². The zero-order valence-electron chi connectivity index (χ0n) is 12.2. The van der Waals surface area contributed by atoms with Crippen molar-refractivity contribution in [1.29, 1.82) is 0 Å². The summed E-state index contributed by atoms with van der Waals surface area (Å²) in [4.78, 5) is 26.1. The molecule has 0 aliphatic carbocycles. The molecule has 0 spiro atoms. The van der Waals surface area contributed by atoms with Crippen LogP contribution >= 0.6 is 11.8 Å². The van der Waals surface area contributed by atoms with Gasteiger partial charge in [-0.2, -0.15) is 0 Å². The second kappa shape index (κ2) is 8.64. The average Bonchev–Trinajstić information content (AvgIpc) is 2.45. The molecule has 0 saturated carbocycles. The first-order valence-corrected chi connectivity index (χ1v) is 7.57. The molecule has 20 heavy (non-hydrogen) atoms. The molecule has 0 aliphatic heterocycles. The fraction of sp³-hybridized carbons (Fsp3) is 0.467. The molecule has 1 amide bonds. The van der Waals surface area contributed by atoms with Crippen LogP contribution < -0.4 is 0 Å². The Labute approximate surface area is 124 Å². The summed E-state index contributed by atoms with van der Waals surface area (Å²) >= 11 is 1.64. The van der Waals surface area contributed by atoms with E-state index in [0.717, 1.165) is 4.90 Å². The molecular weight excluding hydrogens is 274 g/mol. The van der Waals surface area contributed by atoms with Gasteiger partial charge in [0.15, 0.2) is 0 Å². The van der Waals surface area contributed by atoms with Gasteiger partial charge in [0.2, 0.25) is 5.91 Å². The minimum atomic E-state index is -0.386. The van der Waals surface area contributed by atoms with Crippen LogP contribution in [0, 0.1) is 0 Å². The van der Waals surface area contributed by atoms with Crippen molar-refractivity contribution in [3.63, 3.8) is 0 Å². The van der Waals surface area contributed by atoms with Crippen LogP contribution in [0.5, 0.6) is 0 Å². The summed E-state index contributed by atoms with van der Waals surface area (Å²) in [5, 5.41) is 0. The van der Waals surface area contributed by atoms with Gasteiger partial charge in [-0.3, -0.25) is 9.59 Å². The standard InChI is InChI=1S/C15H21NO3S/c1-12(2)16(11-15(18)19-3)14(17)9-10-20-13-7-5-4-6-8-13/h4-8,12H,9-11H2,1-3H3. The SMILES string of the molecule is COC(=O)CN(C(=O)CCSc1ccccc1)C(C)C. The maximum Gasteiger partial charge on any atom is 0.325 e. The van der Waals surface area contributed by atoms with Crippen molar-refractivity contribution in [2.24, 2.45) is 0 Å². The first-order chi connectivity index (χ1) is 9.54. The lowest BCUT2D eigenvalue weighted by molar-refractivity contribution is -0.148. The summed E-state index contributed by atoms with van der Waals surface area (Å²) < 4.78 is 4.62. The summed E-state index contributed by atoms with van der Waals surface area (Å²) in [6.45, 7) is 3.80. The van der Waals surface area contributed by atoms with E-state index in [1.165, 1.54) is 7.11 Å². The zero-order valence-corrected chi connectivity index (χ0v) is 13.0. The molecule has 0 radical (unpaired) electrons.